The summed E-state index contributed by atoms with van der Waals surface area (Å²) in [4.78, 5) is 0. The molecule has 0 nitrogen and oxygen atoms in total. The van der Waals surface area contributed by atoms with Crippen molar-refractivity contribution in [3.63, 3.8) is 0 Å². The predicted octanol–water partition coefficient (Wildman–Crippen LogP) is 7.02. The summed E-state index contributed by atoms with van der Waals surface area (Å²) < 4.78 is 1.60. The Labute approximate surface area is 340 Å². The molecule has 3 heteroatoms. The molecule has 3 aliphatic carbocycles. The molecule has 0 atom stereocenters. The molecule has 268 valence electrons. The van der Waals surface area contributed by atoms with E-state index in [0.29, 0.717) is 5.41 Å². The zero-order valence-electron chi connectivity index (χ0n) is 32.3. The molecule has 5 aromatic rings. The van der Waals surface area contributed by atoms with Crippen molar-refractivity contribution in [3.05, 3.63) is 160 Å². The van der Waals surface area contributed by atoms with Crippen LogP contribution in [-0.4, -0.2) is 3.21 Å². The van der Waals surface area contributed by atoms with Gasteiger partial charge in [0, 0.05) is 10.8 Å². The summed E-state index contributed by atoms with van der Waals surface area (Å²) in [6.07, 6.45) is 15.6. The third kappa shape index (κ3) is 9.21. The number of allylic oxidation sites excluding steroid dienone is 8. The molecule has 0 bridgehead atoms. The quantitative estimate of drug-likeness (QED) is 0.172. The van der Waals surface area contributed by atoms with Crippen LogP contribution in [0.3, 0.4) is 0 Å². The molecule has 0 unspecified atom stereocenters. The van der Waals surface area contributed by atoms with Crippen LogP contribution in [0.2, 0.25) is 0 Å². The summed E-state index contributed by atoms with van der Waals surface area (Å²) in [5.74, 6) is 0. The molecule has 8 rings (SSSR count). The van der Waals surface area contributed by atoms with Gasteiger partial charge < -0.3 is 24.8 Å². The van der Waals surface area contributed by atoms with Gasteiger partial charge in [-0.3, -0.25) is 6.08 Å². The van der Waals surface area contributed by atoms with Crippen LogP contribution in [0.5, 0.6) is 0 Å². The van der Waals surface area contributed by atoms with Gasteiger partial charge in [0.2, 0.25) is 0 Å². The van der Waals surface area contributed by atoms with Gasteiger partial charge in [-0.1, -0.05) is 89.3 Å². The Morgan fingerprint density at radius 2 is 1.12 bits per heavy atom. The molecule has 5 aromatic carbocycles. The maximum atomic E-state index is 3.16. The van der Waals surface area contributed by atoms with Gasteiger partial charge in [0.05, 0.1) is 0 Å². The van der Waals surface area contributed by atoms with Crippen LogP contribution < -0.4 is 24.8 Å². The van der Waals surface area contributed by atoms with Crippen LogP contribution in [0.1, 0.15) is 102 Å². The zero-order chi connectivity index (χ0) is 35.8. The molecule has 0 heterocycles. The molecule has 0 aromatic heterocycles. The van der Waals surface area contributed by atoms with E-state index in [1.54, 1.807) is 27.4 Å². The van der Waals surface area contributed by atoms with Gasteiger partial charge in [-0.15, -0.1) is 46.2 Å². The van der Waals surface area contributed by atoms with Crippen LogP contribution in [0.15, 0.2) is 121 Å². The molecule has 3 aliphatic rings. The summed E-state index contributed by atoms with van der Waals surface area (Å²) in [5, 5.41) is 5.57. The monoisotopic (exact) mass is 800 g/mol. The Hall–Kier alpha value is -2.96. The number of rotatable bonds is 4. The number of hydrogen-bond donors (Lipinski definition) is 0. The van der Waals surface area contributed by atoms with Crippen LogP contribution in [0.25, 0.3) is 32.7 Å². The zero-order valence-corrected chi connectivity index (χ0v) is 36.3. The van der Waals surface area contributed by atoms with Gasteiger partial charge in [0.25, 0.3) is 0 Å². The predicted molar refractivity (Wildman–Crippen MR) is 216 cm³/mol. The minimum atomic E-state index is 0. The van der Waals surface area contributed by atoms with Gasteiger partial charge in [-0.05, 0) is 36.1 Å². The Balaban J connectivity index is 0.000000193. The van der Waals surface area contributed by atoms with Crippen molar-refractivity contribution < 1.29 is 49.0 Å². The van der Waals surface area contributed by atoms with Crippen molar-refractivity contribution in [1.29, 1.82) is 0 Å². The van der Waals surface area contributed by atoms with E-state index in [1.165, 1.54) is 71.6 Å². The minimum absolute atomic E-state index is 0. The van der Waals surface area contributed by atoms with Gasteiger partial charge >= 0.3 is 112 Å². The van der Waals surface area contributed by atoms with Crippen molar-refractivity contribution in [2.24, 2.45) is 5.41 Å². The first-order chi connectivity index (χ1) is 23.6. The average Bonchev–Trinajstić information content (AvgIpc) is 3.81. The molecule has 0 fully saturated rings. The maximum absolute atomic E-state index is 3.16. The summed E-state index contributed by atoms with van der Waals surface area (Å²) >= 11 is 1.55. The molecular weight excluding hydrogens is 751 g/mol. The molecule has 0 N–H and O–H groups in total. The molecule has 52 heavy (non-hydrogen) atoms. The molecule has 0 amide bonds. The van der Waals surface area contributed by atoms with Crippen LogP contribution >= 0.6 is 0 Å². The summed E-state index contributed by atoms with van der Waals surface area (Å²) in [6.45, 7) is 20.5. The van der Waals surface area contributed by atoms with Crippen LogP contribution in [0.4, 0.5) is 0 Å². The molecule has 0 radical (unpaired) electrons. The van der Waals surface area contributed by atoms with Crippen LogP contribution in [0, 0.1) is 11.5 Å². The Morgan fingerprint density at radius 3 is 1.46 bits per heavy atom. The molecular formula is C49H52Cl2Zr-2. The normalized spacial score (nSPS) is 15.9. The Kier molecular flexibility index (Phi) is 13.3. The van der Waals surface area contributed by atoms with Gasteiger partial charge in [0.15, 0.2) is 0 Å². The van der Waals surface area contributed by atoms with E-state index in [0.717, 1.165) is 19.3 Å². The Morgan fingerprint density at radius 1 is 0.692 bits per heavy atom. The third-order valence-electron chi connectivity index (χ3n) is 10.5. The first-order valence-electron chi connectivity index (χ1n) is 18.2. The second kappa shape index (κ2) is 16.6. The van der Waals surface area contributed by atoms with Gasteiger partial charge in [-0.2, -0.15) is 11.6 Å². The Bertz CT molecular complexity index is 2050. The van der Waals surface area contributed by atoms with Gasteiger partial charge in [-0.25, -0.2) is 6.08 Å². The fourth-order valence-electron chi connectivity index (χ4n) is 7.88. The second-order valence-corrected chi connectivity index (χ2v) is 18.3. The average molecular weight is 803 g/mol. The molecule has 0 saturated heterocycles. The van der Waals surface area contributed by atoms with E-state index >= 15 is 0 Å². The number of hydrogen-bond acceptors (Lipinski definition) is 0. The number of fused-ring (bicyclic) bond motifs is 5. The SMILES string of the molecule is CC(C)(C)C1=CC[C-]=C1.CC1=CC(C)(C)c2cc3[cH-]c4cc5c(cc4c3cc21)C(C)=CC5(C)C.[Cl-].[Cl-].[Zr+2]=[C](Cc1ccccc1)Cc1ccccc1. The second-order valence-electron chi connectivity index (χ2n) is 16.6. The molecule has 0 spiro atoms. The van der Waals surface area contributed by atoms with Crippen molar-refractivity contribution in [1.82, 2.24) is 0 Å². The van der Waals surface area contributed by atoms with Crippen molar-refractivity contribution in [2.75, 3.05) is 0 Å². The molecule has 0 saturated carbocycles. The first kappa shape index (κ1) is 41.8. The van der Waals surface area contributed by atoms with Crippen molar-refractivity contribution in [2.45, 2.75) is 92.4 Å². The van der Waals surface area contributed by atoms with Crippen molar-refractivity contribution >= 4 is 35.9 Å². The van der Waals surface area contributed by atoms with Crippen molar-refractivity contribution in [3.8, 4) is 0 Å². The number of halogens is 2. The van der Waals surface area contributed by atoms with E-state index in [1.807, 2.05) is 0 Å². The topological polar surface area (TPSA) is 0 Å². The fourth-order valence-corrected chi connectivity index (χ4v) is 8.89. The standard InChI is InChI=1S/C25H25.C15H14.C9H13.2ClH.Zr/c1-14-12-24(3,4)22-8-16-7-17-9-23-19(15(2)13-25(23,5)6)11-21(17)20(16)10-18(14)22;1-3-8-14(9-4-1)12-7-13-15-10-5-2-6-11-15;1-9(2,3)8-6-4-5-7-8;;;/h7-13H,1-6H3;1-6,8-11H,12-13H2;6-7H,4H2,1-3H3;2*1H;/q-1;;-1;;;+2/p-2. The van der Waals surface area contributed by atoms with Crippen LogP contribution in [-0.2, 0) is 47.9 Å². The van der Waals surface area contributed by atoms with E-state index in [2.05, 4.69) is 184 Å². The van der Waals surface area contributed by atoms with E-state index < -0.39 is 0 Å². The summed E-state index contributed by atoms with van der Waals surface area (Å²) in [7, 11) is 0. The molecule has 0 aliphatic heterocycles. The summed E-state index contributed by atoms with van der Waals surface area (Å²) in [6, 6.07) is 33.5. The van der Waals surface area contributed by atoms with Gasteiger partial charge in [0.1, 0.15) is 0 Å². The number of benzene rings is 4. The van der Waals surface area contributed by atoms with E-state index in [9.17, 15) is 0 Å². The third-order valence-corrected chi connectivity index (χ3v) is 11.3. The fraction of sp³-hybridized carbons (Fsp3) is 0.306. The van der Waals surface area contributed by atoms with E-state index in [-0.39, 0.29) is 35.6 Å². The van der Waals surface area contributed by atoms with E-state index in [4.69, 9.17) is 0 Å². The summed E-state index contributed by atoms with van der Waals surface area (Å²) in [5.41, 5.74) is 13.5. The first-order valence-corrected chi connectivity index (χ1v) is 19.4.